The number of allylic oxidation sites excluding steroid dienone is 2. The van der Waals surface area contributed by atoms with E-state index >= 15 is 0 Å². The van der Waals surface area contributed by atoms with Gasteiger partial charge >= 0.3 is 0 Å². The largest absolute Gasteiger partial charge is 0.317 e. The first-order valence-electron chi connectivity index (χ1n) is 18.8. The van der Waals surface area contributed by atoms with Crippen LogP contribution in [0.2, 0.25) is 0 Å². The van der Waals surface area contributed by atoms with E-state index in [2.05, 4.69) is 43.6 Å². The summed E-state index contributed by atoms with van der Waals surface area (Å²) in [6.45, 7) is 10.8. The predicted octanol–water partition coefficient (Wildman–Crippen LogP) is 11.9. The second-order valence-electron chi connectivity index (χ2n) is 13.9. The predicted molar refractivity (Wildman–Crippen MR) is 182 cm³/mol. The molecule has 0 aromatic carbocycles. The molecule has 2 heterocycles. The lowest BCUT2D eigenvalue weighted by Crippen LogP contribution is -2.26. The molecular formula is C38H76N2. The van der Waals surface area contributed by atoms with Crippen LogP contribution in [0.15, 0.2) is 12.2 Å². The van der Waals surface area contributed by atoms with Crippen LogP contribution >= 0.6 is 0 Å². The molecule has 0 aromatic heterocycles. The maximum absolute atomic E-state index is 3.66. The Morgan fingerprint density at radius 3 is 1.48 bits per heavy atom. The van der Waals surface area contributed by atoms with Gasteiger partial charge < -0.3 is 10.6 Å². The summed E-state index contributed by atoms with van der Waals surface area (Å²) in [5, 5.41) is 7.28. The fraction of sp³-hybridized carbons (Fsp3) is 0.947. The van der Waals surface area contributed by atoms with Gasteiger partial charge in [0.2, 0.25) is 0 Å². The van der Waals surface area contributed by atoms with E-state index in [0.717, 1.165) is 17.9 Å². The summed E-state index contributed by atoms with van der Waals surface area (Å²) in [5.74, 6) is 1.91. The highest BCUT2D eigenvalue weighted by atomic mass is 14.9. The summed E-state index contributed by atoms with van der Waals surface area (Å²) in [7, 11) is 0. The van der Waals surface area contributed by atoms with Crippen molar-refractivity contribution in [3.63, 3.8) is 0 Å². The molecular weight excluding hydrogens is 484 g/mol. The lowest BCUT2D eigenvalue weighted by molar-refractivity contribution is 0.352. The van der Waals surface area contributed by atoms with Crippen LogP contribution in [0.5, 0.6) is 0 Å². The highest BCUT2D eigenvalue weighted by molar-refractivity contribution is 4.81. The van der Waals surface area contributed by atoms with Gasteiger partial charge in [0.15, 0.2) is 0 Å². The average molecular weight is 561 g/mol. The Labute approximate surface area is 254 Å². The van der Waals surface area contributed by atoms with Crippen LogP contribution in [0.25, 0.3) is 0 Å². The second kappa shape index (κ2) is 30.1. The molecule has 2 atom stereocenters. The first kappa shape index (κ1) is 37.7. The highest BCUT2D eigenvalue weighted by Crippen LogP contribution is 2.25. The Balaban J connectivity index is 0.000000408. The topological polar surface area (TPSA) is 24.1 Å². The summed E-state index contributed by atoms with van der Waals surface area (Å²) in [5.41, 5.74) is 0. The number of hydrogen-bond acceptors (Lipinski definition) is 2. The highest BCUT2D eigenvalue weighted by Gasteiger charge is 2.10. The van der Waals surface area contributed by atoms with Gasteiger partial charge in [-0.1, -0.05) is 148 Å². The van der Waals surface area contributed by atoms with Gasteiger partial charge in [0.1, 0.15) is 0 Å². The summed E-state index contributed by atoms with van der Waals surface area (Å²) in [6.07, 6.45) is 43.3. The van der Waals surface area contributed by atoms with E-state index in [1.807, 2.05) is 0 Å². The third-order valence-corrected chi connectivity index (χ3v) is 9.30. The molecule has 0 bridgehead atoms. The van der Waals surface area contributed by atoms with Gasteiger partial charge in [0, 0.05) is 6.04 Å². The summed E-state index contributed by atoms with van der Waals surface area (Å²) >= 11 is 0. The number of nitrogens with one attached hydrogen (secondary N) is 2. The molecule has 238 valence electrons. The normalized spacial score (nSPS) is 26.5. The quantitative estimate of drug-likeness (QED) is 0.335. The molecule has 0 aliphatic carbocycles. The SMILES string of the molecule is CC(C)CCC1CCCCCCCCNCCCCCCC1.CC1CCCCCC/C=C/CCCCCCCN1. The third-order valence-electron chi connectivity index (χ3n) is 9.30. The molecule has 0 saturated carbocycles. The molecule has 2 rings (SSSR count). The zero-order chi connectivity index (χ0) is 28.8. The van der Waals surface area contributed by atoms with Crippen LogP contribution in [-0.2, 0) is 0 Å². The van der Waals surface area contributed by atoms with E-state index < -0.39 is 0 Å². The van der Waals surface area contributed by atoms with Crippen LogP contribution < -0.4 is 10.6 Å². The van der Waals surface area contributed by atoms with Gasteiger partial charge in [-0.25, -0.2) is 0 Å². The van der Waals surface area contributed by atoms with Crippen LogP contribution in [-0.4, -0.2) is 25.7 Å². The van der Waals surface area contributed by atoms with Crippen LogP contribution in [0.4, 0.5) is 0 Å². The van der Waals surface area contributed by atoms with Crippen molar-refractivity contribution in [2.75, 3.05) is 19.6 Å². The molecule has 2 heteroatoms. The van der Waals surface area contributed by atoms with E-state index in [4.69, 9.17) is 0 Å². The van der Waals surface area contributed by atoms with Crippen molar-refractivity contribution >= 4 is 0 Å². The van der Waals surface area contributed by atoms with Crippen LogP contribution in [0.3, 0.4) is 0 Å². The molecule has 2 nitrogen and oxygen atoms in total. The Morgan fingerprint density at radius 1 is 0.525 bits per heavy atom. The second-order valence-corrected chi connectivity index (χ2v) is 13.9. The third kappa shape index (κ3) is 27.8. The van der Waals surface area contributed by atoms with Crippen LogP contribution in [0.1, 0.15) is 194 Å². The van der Waals surface area contributed by atoms with Gasteiger partial charge in [-0.05, 0) is 89.8 Å². The van der Waals surface area contributed by atoms with Gasteiger partial charge in [-0.2, -0.15) is 0 Å². The minimum Gasteiger partial charge on any atom is -0.317 e. The maximum Gasteiger partial charge on any atom is 0.00387 e. The van der Waals surface area contributed by atoms with Crippen molar-refractivity contribution in [1.82, 2.24) is 10.6 Å². The van der Waals surface area contributed by atoms with Crippen molar-refractivity contribution in [3.05, 3.63) is 12.2 Å². The Hall–Kier alpha value is -0.340. The molecule has 0 radical (unpaired) electrons. The lowest BCUT2D eigenvalue weighted by atomic mass is 9.88. The van der Waals surface area contributed by atoms with Crippen molar-refractivity contribution < 1.29 is 0 Å². The summed E-state index contributed by atoms with van der Waals surface area (Å²) in [6, 6.07) is 0.723. The Bertz CT molecular complexity index is 496. The van der Waals surface area contributed by atoms with E-state index in [9.17, 15) is 0 Å². The first-order chi connectivity index (χ1) is 19.7. The van der Waals surface area contributed by atoms with Crippen molar-refractivity contribution in [3.8, 4) is 0 Å². The number of hydrogen-bond donors (Lipinski definition) is 2. The fourth-order valence-corrected chi connectivity index (χ4v) is 6.40. The molecule has 40 heavy (non-hydrogen) atoms. The van der Waals surface area contributed by atoms with Crippen molar-refractivity contribution in [1.29, 1.82) is 0 Å². The van der Waals surface area contributed by atoms with Gasteiger partial charge in [0.05, 0.1) is 0 Å². The van der Waals surface area contributed by atoms with Gasteiger partial charge in [0.25, 0.3) is 0 Å². The Kier molecular flexibility index (Phi) is 28.4. The monoisotopic (exact) mass is 561 g/mol. The van der Waals surface area contributed by atoms with E-state index in [0.29, 0.717) is 0 Å². The van der Waals surface area contributed by atoms with E-state index in [-0.39, 0.29) is 0 Å². The molecule has 0 spiro atoms. The van der Waals surface area contributed by atoms with Crippen molar-refractivity contribution in [2.45, 2.75) is 200 Å². The zero-order valence-corrected chi connectivity index (χ0v) is 28.1. The Morgan fingerprint density at radius 2 is 0.950 bits per heavy atom. The molecule has 0 aromatic rings. The average Bonchev–Trinajstić information content (AvgIpc) is 2.95. The molecule has 0 amide bonds. The molecule has 2 aliphatic rings. The standard InChI is InChI=1S/C21H43N.C17H33N/c1-20(2)16-17-21-14-10-6-3-4-8-12-18-22-19-13-9-5-7-11-15-21;1-17-15-13-11-9-7-5-3-2-4-6-8-10-12-14-16-18-17/h20-22H,3-19H2,1-2H3;2-3,17-18H,4-16H2,1H3/b;3-2+. The summed E-state index contributed by atoms with van der Waals surface area (Å²) in [4.78, 5) is 0. The number of rotatable bonds is 3. The molecule has 2 N–H and O–H groups in total. The summed E-state index contributed by atoms with van der Waals surface area (Å²) < 4.78 is 0. The minimum absolute atomic E-state index is 0.723. The van der Waals surface area contributed by atoms with E-state index in [1.165, 1.54) is 193 Å². The fourth-order valence-electron chi connectivity index (χ4n) is 6.40. The van der Waals surface area contributed by atoms with Gasteiger partial charge in [-0.3, -0.25) is 0 Å². The molecule has 1 saturated heterocycles. The van der Waals surface area contributed by atoms with Crippen LogP contribution in [0, 0.1) is 11.8 Å². The van der Waals surface area contributed by atoms with Crippen molar-refractivity contribution in [2.24, 2.45) is 11.8 Å². The lowest BCUT2D eigenvalue weighted by Gasteiger charge is -2.18. The smallest absolute Gasteiger partial charge is 0.00387 e. The first-order valence-corrected chi connectivity index (χ1v) is 18.8. The maximum atomic E-state index is 3.66. The molecule has 2 unspecified atom stereocenters. The minimum atomic E-state index is 0.723. The van der Waals surface area contributed by atoms with E-state index in [1.54, 1.807) is 0 Å². The zero-order valence-electron chi connectivity index (χ0n) is 28.1. The van der Waals surface area contributed by atoms with Gasteiger partial charge in [-0.15, -0.1) is 0 Å². The molecule has 2 aliphatic heterocycles. The molecule has 1 fully saturated rings.